The number of methoxy groups -OCH3 is 1. The van der Waals surface area contributed by atoms with Crippen molar-refractivity contribution in [3.63, 3.8) is 0 Å². The number of alkyl halides is 3. The Morgan fingerprint density at radius 2 is 1.89 bits per heavy atom. The molecular formula is C25H31F3N2O8. The standard InChI is InChI=1S/C25H31F3N2O8/c1-13(33)4-3-5-19(34)30(12-25(26,27)28)17-10-16(24(36)29-6-7-31)20-15-8-14(11-32)9-18(37-2)22(15)38-23(20)21(17)35/h8-10,17,20-21,23,31-32,35H,3-7,11-12H2,1-2H3,(H,29,36)/t17-,20+,21+,23+/m1/s1. The summed E-state index contributed by atoms with van der Waals surface area (Å²) in [5, 5.41) is 32.6. The van der Waals surface area contributed by atoms with Gasteiger partial charge in [0.05, 0.1) is 32.3 Å². The molecule has 0 aromatic heterocycles. The Bertz CT molecular complexity index is 1090. The lowest BCUT2D eigenvalue weighted by Gasteiger charge is -2.41. The molecule has 1 aliphatic carbocycles. The minimum atomic E-state index is -4.82. The van der Waals surface area contributed by atoms with Crippen LogP contribution in [0.25, 0.3) is 0 Å². The average molecular weight is 545 g/mol. The molecule has 1 aliphatic heterocycles. The van der Waals surface area contributed by atoms with Gasteiger partial charge in [-0.05, 0) is 37.1 Å². The third kappa shape index (κ3) is 6.45. The molecule has 0 unspecified atom stereocenters. The van der Waals surface area contributed by atoms with E-state index in [1.165, 1.54) is 20.1 Å². The lowest BCUT2D eigenvalue weighted by atomic mass is 9.77. The topological polar surface area (TPSA) is 146 Å². The van der Waals surface area contributed by atoms with Gasteiger partial charge in [0.25, 0.3) is 0 Å². The fraction of sp³-hybridized carbons (Fsp3) is 0.560. The van der Waals surface area contributed by atoms with Gasteiger partial charge in [-0.1, -0.05) is 0 Å². The van der Waals surface area contributed by atoms with Gasteiger partial charge in [-0.2, -0.15) is 13.2 Å². The number of carbonyl (C=O) groups is 3. The van der Waals surface area contributed by atoms with Crippen molar-refractivity contribution in [2.24, 2.45) is 0 Å². The SMILES string of the molecule is COc1cc(CO)cc2c1O[C@@H]1[C@@H](O)[C@H](N(CC(F)(F)F)C(=O)CCCC(C)=O)C=C(C(=O)NCCO)[C@H]21. The lowest BCUT2D eigenvalue weighted by Crippen LogP contribution is -2.57. The highest BCUT2D eigenvalue weighted by atomic mass is 19.4. The maximum absolute atomic E-state index is 13.6. The number of ether oxygens (including phenoxy) is 2. The third-order valence-electron chi connectivity index (χ3n) is 6.44. The second kappa shape index (κ2) is 12.1. The van der Waals surface area contributed by atoms with Gasteiger partial charge < -0.3 is 39.8 Å². The lowest BCUT2D eigenvalue weighted by molar-refractivity contribution is -0.170. The molecule has 0 saturated carbocycles. The number of ketones is 1. The fourth-order valence-electron chi connectivity index (χ4n) is 4.80. The van der Waals surface area contributed by atoms with E-state index < -0.39 is 55.3 Å². The van der Waals surface area contributed by atoms with E-state index in [0.29, 0.717) is 16.0 Å². The minimum absolute atomic E-state index is 0.000419. The summed E-state index contributed by atoms with van der Waals surface area (Å²) in [7, 11) is 1.34. The van der Waals surface area contributed by atoms with E-state index in [0.717, 1.165) is 6.08 Å². The zero-order valence-electron chi connectivity index (χ0n) is 21.0. The first-order valence-electron chi connectivity index (χ1n) is 12.0. The molecule has 1 heterocycles. The van der Waals surface area contributed by atoms with Crippen LogP contribution in [0.1, 0.15) is 43.2 Å². The highest BCUT2D eigenvalue weighted by Crippen LogP contribution is 2.51. The number of amides is 2. The Kier molecular flexibility index (Phi) is 9.39. The largest absolute Gasteiger partial charge is 0.493 e. The van der Waals surface area contributed by atoms with Crippen LogP contribution >= 0.6 is 0 Å². The number of rotatable bonds is 11. The highest BCUT2D eigenvalue weighted by molar-refractivity contribution is 5.96. The second-order valence-electron chi connectivity index (χ2n) is 9.21. The predicted octanol–water partition coefficient (Wildman–Crippen LogP) is 0.960. The third-order valence-corrected chi connectivity index (χ3v) is 6.44. The zero-order chi connectivity index (χ0) is 28.2. The van der Waals surface area contributed by atoms with Crippen LogP contribution in [0.4, 0.5) is 13.2 Å². The summed E-state index contributed by atoms with van der Waals surface area (Å²) in [4.78, 5) is 37.8. The first-order valence-corrected chi connectivity index (χ1v) is 12.0. The maximum atomic E-state index is 13.6. The molecule has 3 rings (SSSR count). The molecule has 1 aromatic carbocycles. The zero-order valence-corrected chi connectivity index (χ0v) is 21.0. The van der Waals surface area contributed by atoms with Crippen LogP contribution < -0.4 is 14.8 Å². The van der Waals surface area contributed by atoms with Gasteiger partial charge in [0.1, 0.15) is 24.5 Å². The summed E-state index contributed by atoms with van der Waals surface area (Å²) in [5.41, 5.74) is 0.714. The van der Waals surface area contributed by atoms with Gasteiger partial charge in [-0.15, -0.1) is 0 Å². The van der Waals surface area contributed by atoms with Crippen molar-refractivity contribution < 1.29 is 52.3 Å². The molecule has 0 bridgehead atoms. The molecule has 0 radical (unpaired) electrons. The summed E-state index contributed by atoms with van der Waals surface area (Å²) < 4.78 is 51.9. The summed E-state index contributed by atoms with van der Waals surface area (Å²) in [6.07, 6.45) is -7.00. The Morgan fingerprint density at radius 1 is 1.18 bits per heavy atom. The van der Waals surface area contributed by atoms with Crippen LogP contribution in [0.2, 0.25) is 0 Å². The van der Waals surface area contributed by atoms with Gasteiger partial charge >= 0.3 is 6.18 Å². The van der Waals surface area contributed by atoms with E-state index in [1.807, 2.05) is 0 Å². The summed E-state index contributed by atoms with van der Waals surface area (Å²) >= 11 is 0. The number of aliphatic hydroxyl groups is 3. The number of carbonyl (C=O) groups excluding carboxylic acids is 3. The molecule has 4 N–H and O–H groups in total. The molecule has 1 aromatic rings. The number of nitrogens with zero attached hydrogens (tertiary/aromatic N) is 1. The van der Waals surface area contributed by atoms with Crippen LogP contribution in [0.5, 0.6) is 11.5 Å². The van der Waals surface area contributed by atoms with E-state index >= 15 is 0 Å². The maximum Gasteiger partial charge on any atom is 0.406 e. The molecule has 0 fully saturated rings. The Balaban J connectivity index is 2.09. The van der Waals surface area contributed by atoms with E-state index in [9.17, 15) is 37.8 Å². The van der Waals surface area contributed by atoms with E-state index in [-0.39, 0.29) is 55.3 Å². The molecule has 210 valence electrons. The molecule has 38 heavy (non-hydrogen) atoms. The van der Waals surface area contributed by atoms with Crippen LogP contribution in [0.15, 0.2) is 23.8 Å². The van der Waals surface area contributed by atoms with Crippen molar-refractivity contribution in [1.82, 2.24) is 10.2 Å². The normalized spacial score (nSPS) is 22.1. The van der Waals surface area contributed by atoms with Crippen molar-refractivity contribution in [3.05, 3.63) is 34.9 Å². The second-order valence-corrected chi connectivity index (χ2v) is 9.21. The number of fused-ring (bicyclic) bond motifs is 3. The van der Waals surface area contributed by atoms with Crippen molar-refractivity contribution in [3.8, 4) is 11.5 Å². The van der Waals surface area contributed by atoms with E-state index in [1.54, 1.807) is 6.07 Å². The number of aliphatic hydroxyl groups excluding tert-OH is 3. The molecule has 10 nitrogen and oxygen atoms in total. The van der Waals surface area contributed by atoms with Gasteiger partial charge in [0.15, 0.2) is 11.5 Å². The van der Waals surface area contributed by atoms with Gasteiger partial charge in [0, 0.05) is 30.5 Å². The predicted molar refractivity (Wildman–Crippen MR) is 126 cm³/mol. The van der Waals surface area contributed by atoms with Crippen molar-refractivity contribution in [1.29, 1.82) is 0 Å². The minimum Gasteiger partial charge on any atom is -0.493 e. The smallest absolute Gasteiger partial charge is 0.406 e. The highest BCUT2D eigenvalue weighted by Gasteiger charge is 2.52. The molecule has 2 aliphatic rings. The molecule has 13 heteroatoms. The van der Waals surface area contributed by atoms with Gasteiger partial charge in [0.2, 0.25) is 11.8 Å². The number of benzene rings is 1. The molecule has 2 amide bonds. The van der Waals surface area contributed by atoms with Crippen LogP contribution in [-0.4, -0.2) is 89.0 Å². The monoisotopic (exact) mass is 544 g/mol. The first-order chi connectivity index (χ1) is 17.9. The van der Waals surface area contributed by atoms with Crippen LogP contribution in [0.3, 0.4) is 0 Å². The fourth-order valence-corrected chi connectivity index (χ4v) is 4.80. The van der Waals surface area contributed by atoms with Crippen molar-refractivity contribution in [2.45, 2.75) is 63.1 Å². The van der Waals surface area contributed by atoms with E-state index in [2.05, 4.69) is 5.32 Å². The Hall–Kier alpha value is -3.16. The number of halogens is 3. The van der Waals surface area contributed by atoms with Crippen molar-refractivity contribution in [2.75, 3.05) is 26.8 Å². The number of hydrogen-bond acceptors (Lipinski definition) is 8. The molecular weight excluding hydrogens is 513 g/mol. The van der Waals surface area contributed by atoms with E-state index in [4.69, 9.17) is 14.6 Å². The molecule has 0 spiro atoms. The summed E-state index contributed by atoms with van der Waals surface area (Å²) in [6, 6.07) is 1.45. The van der Waals surface area contributed by atoms with Gasteiger partial charge in [-0.3, -0.25) is 9.59 Å². The molecule has 4 atom stereocenters. The summed E-state index contributed by atoms with van der Waals surface area (Å²) in [6.45, 7) is -1.32. The van der Waals surface area contributed by atoms with Crippen LogP contribution in [-0.2, 0) is 21.0 Å². The summed E-state index contributed by atoms with van der Waals surface area (Å²) in [5.74, 6) is -2.53. The number of Topliss-reactive ketones (excluding diaryl/α,β-unsaturated/α-hetero) is 1. The van der Waals surface area contributed by atoms with Crippen molar-refractivity contribution >= 4 is 17.6 Å². The average Bonchev–Trinajstić information content (AvgIpc) is 3.25. The quantitative estimate of drug-likeness (QED) is 0.322. The number of hydrogen-bond donors (Lipinski definition) is 4. The Labute approximate surface area is 217 Å². The number of nitrogens with one attached hydrogen (secondary N) is 1. The Morgan fingerprint density at radius 3 is 2.47 bits per heavy atom. The van der Waals surface area contributed by atoms with Crippen LogP contribution in [0, 0.1) is 0 Å². The molecule has 0 saturated heterocycles. The first kappa shape index (κ1) is 29.4. The van der Waals surface area contributed by atoms with Gasteiger partial charge in [-0.25, -0.2) is 0 Å².